The predicted octanol–water partition coefficient (Wildman–Crippen LogP) is 10.6. The quantitative estimate of drug-likeness (QED) is 0.0867. The van der Waals surface area contributed by atoms with E-state index in [-0.39, 0.29) is 46.6 Å². The van der Waals surface area contributed by atoms with Crippen LogP contribution in [0.2, 0.25) is 0 Å². The molecule has 0 bridgehead atoms. The zero-order chi connectivity index (χ0) is 74.5. The Balaban J connectivity index is 0.000000162. The maximum absolute atomic E-state index is 4.52. The van der Waals surface area contributed by atoms with Crippen molar-refractivity contribution in [3.63, 3.8) is 0 Å². The molecule has 526 valence electrons. The first-order valence-electron chi connectivity index (χ1n) is 34.1. The first kappa shape index (κ1) is 70.4. The maximum atomic E-state index is 4.52. The molecule has 31 heteroatoms. The van der Waals surface area contributed by atoms with Gasteiger partial charge in [0.25, 0.3) is 0 Å². The Labute approximate surface area is 617 Å². The van der Waals surface area contributed by atoms with Crippen molar-refractivity contribution in [2.24, 2.45) is 0 Å². The van der Waals surface area contributed by atoms with E-state index in [2.05, 4.69) is 158 Å². The van der Waals surface area contributed by atoms with Crippen molar-refractivity contribution in [3.05, 3.63) is 268 Å². The Bertz CT molecular complexity index is 5030. The molecule has 0 atom stereocenters. The van der Waals surface area contributed by atoms with Crippen LogP contribution in [0.4, 0.5) is 0 Å². The van der Waals surface area contributed by atoms with E-state index in [0.717, 1.165) is 80.0 Å². The zero-order valence-corrected chi connectivity index (χ0v) is 59.8. The molecule has 16 rings (SSSR count). The van der Waals surface area contributed by atoms with Crippen molar-refractivity contribution < 1.29 is 0 Å². The fraction of sp³-hybridized carbons (Fsp3) is 0.156. The van der Waals surface area contributed by atoms with Crippen molar-refractivity contribution in [1.29, 1.82) is 0 Å². The van der Waals surface area contributed by atoms with Gasteiger partial charge in [-0.05, 0) is 73.1 Å². The molecule has 108 heavy (non-hydrogen) atoms. The Morgan fingerprint density at radius 3 is 0.528 bits per heavy atom. The number of nitrogens with zero attached hydrogens (tertiary/aromatic N) is 31. The average Bonchev–Trinajstić information content (AvgIpc) is 0.728. The fourth-order valence-corrected chi connectivity index (χ4v) is 10.5. The van der Waals surface area contributed by atoms with Gasteiger partial charge >= 0.3 is 0 Å². The number of aromatic nitrogens is 31. The van der Waals surface area contributed by atoms with Gasteiger partial charge in [0.1, 0.15) is 0 Å². The number of rotatable bonds is 16. The molecule has 8 aromatic heterocycles. The van der Waals surface area contributed by atoms with E-state index in [1.807, 2.05) is 250 Å². The van der Waals surface area contributed by atoms with E-state index >= 15 is 0 Å². The van der Waals surface area contributed by atoms with E-state index < -0.39 is 5.41 Å². The summed E-state index contributed by atoms with van der Waals surface area (Å²) in [6.45, 7) is 18.1. The summed E-state index contributed by atoms with van der Waals surface area (Å²) in [4.78, 5) is 4.09. The molecule has 0 aliphatic heterocycles. The smallest absolute Gasteiger partial charge is 0.223 e. The molecule has 31 nitrogen and oxygen atoms in total. The molecule has 0 spiro atoms. The molecule has 8 aromatic carbocycles. The highest BCUT2D eigenvalue weighted by Crippen LogP contribution is 2.38. The number of hydrogen-bond acceptors (Lipinski definition) is 31. The van der Waals surface area contributed by atoms with Gasteiger partial charge in [0.15, 0.2) is 5.82 Å². The molecule has 16 aromatic rings. The van der Waals surface area contributed by atoms with Crippen molar-refractivity contribution in [3.8, 4) is 114 Å². The Morgan fingerprint density at radius 1 is 0.194 bits per heavy atom. The molecular weight excluding hydrogens is 1360 g/mol. The van der Waals surface area contributed by atoms with Crippen LogP contribution in [0, 0.1) is 48.5 Å². The molecule has 0 saturated carbocycles. The van der Waals surface area contributed by atoms with Crippen LogP contribution in [-0.4, -0.2) is 158 Å². The SMILES string of the molecule is CCc1cnc(CC)nn1.Cc1ccc(-c2nnc(-c3cc(-c4nnc(-c5ccc(C)cc5)nn4)cc(-c4nnc(-c5ccc(C)cc5)nn4)c3)nn2)cc1.Cc1ccc(-c2nnc(C(c3nnc(-c4ccc(C)cc4)nn3)(c3nnc(-c4ccc(C)cc4)nn3)c3nnc(-c4ccc(C)cc4)nn3)nn2)cc1. The molecule has 0 N–H and O–H groups in total. The Hall–Kier alpha value is -14.7. The summed E-state index contributed by atoms with van der Waals surface area (Å²) in [5.74, 6) is 3.59. The van der Waals surface area contributed by atoms with E-state index in [0.29, 0.717) is 73.9 Å². The van der Waals surface area contributed by atoms with Crippen LogP contribution in [0.25, 0.3) is 114 Å². The Morgan fingerprint density at radius 2 is 0.370 bits per heavy atom. The third-order valence-corrected chi connectivity index (χ3v) is 16.9. The molecule has 8 heterocycles. The summed E-state index contributed by atoms with van der Waals surface area (Å²) in [6.07, 6.45) is 3.55. The van der Waals surface area contributed by atoms with Gasteiger partial charge in [-0.3, -0.25) is 0 Å². The number of aryl methyl sites for hydroxylation is 9. The lowest BCUT2D eigenvalue weighted by atomic mass is 9.84. The minimum atomic E-state index is -1.98. The van der Waals surface area contributed by atoms with Gasteiger partial charge in [-0.1, -0.05) is 223 Å². The van der Waals surface area contributed by atoms with Crippen LogP contribution in [0.15, 0.2) is 194 Å². The Kier molecular flexibility index (Phi) is 20.8. The van der Waals surface area contributed by atoms with Gasteiger partial charge in [-0.25, -0.2) is 4.98 Å². The number of benzene rings is 8. The molecule has 0 aliphatic rings. The monoisotopic (exact) mass is 1420 g/mol. The van der Waals surface area contributed by atoms with Crippen molar-refractivity contribution in [2.45, 2.75) is 80.6 Å². The highest BCUT2D eigenvalue weighted by atomic mass is 15.4. The van der Waals surface area contributed by atoms with E-state index in [4.69, 9.17) is 0 Å². The normalized spacial score (nSPS) is 11.1. The molecule has 0 unspecified atom stereocenters. The molecule has 0 amide bonds. The largest absolute Gasteiger partial charge is 0.238 e. The summed E-state index contributed by atoms with van der Waals surface area (Å²) in [5, 5.41) is 132. The highest BCUT2D eigenvalue weighted by Gasteiger charge is 2.54. The van der Waals surface area contributed by atoms with Gasteiger partial charge in [0.05, 0.1) is 11.9 Å². The summed E-state index contributed by atoms with van der Waals surface area (Å²) in [5.41, 5.74) is 13.8. The summed E-state index contributed by atoms with van der Waals surface area (Å²) in [6, 6.07) is 59.5. The standard InChI is InChI=1S/C37H28N16.C33H24N12.C7H11N3/c1-21-5-13-25(14-6-21)29-38-46-33(47-39-29)37(34-48-40-30(41-49-34)26-15-7-22(2)8-16-26,35-50-42-31(43-51-35)27-17-9-23(3)10-18-27)36-52-44-32(45-53-36)28-19-11-24(4)12-20-28;1-19-4-10-22(11-5-19)28-34-40-31(41-35-28)25-16-26(32-42-36-29(37-43-32)23-12-6-20(2)7-13-23)18-27(17-25)33-44-38-30(39-45-33)24-14-8-21(3)9-15-24;1-3-6-5-8-7(4-2)10-9-6/h5-20H,1-4H3;4-18H,1-3H3;5H,3-4H2,1-2H3. The first-order valence-corrected chi connectivity index (χ1v) is 34.1. The van der Waals surface area contributed by atoms with Gasteiger partial charge in [-0.15, -0.1) is 148 Å². The number of hydrogen-bond donors (Lipinski definition) is 0. The second kappa shape index (κ2) is 31.9. The fourth-order valence-electron chi connectivity index (χ4n) is 10.5. The third kappa shape index (κ3) is 16.1. The predicted molar refractivity (Wildman–Crippen MR) is 396 cm³/mol. The minimum absolute atomic E-state index is 0.113. The molecule has 0 radical (unpaired) electrons. The molecule has 0 aliphatic carbocycles. The van der Waals surface area contributed by atoms with Crippen LogP contribution >= 0.6 is 0 Å². The van der Waals surface area contributed by atoms with Crippen molar-refractivity contribution in [1.82, 2.24) is 158 Å². The minimum Gasteiger partial charge on any atom is -0.238 e. The maximum Gasteiger partial charge on any atom is 0.223 e. The molecular formula is C77H63N31. The summed E-state index contributed by atoms with van der Waals surface area (Å²) < 4.78 is 0. The molecule has 0 fully saturated rings. The van der Waals surface area contributed by atoms with Gasteiger partial charge < -0.3 is 0 Å². The lowest BCUT2D eigenvalue weighted by molar-refractivity contribution is 0.486. The second-order valence-electron chi connectivity index (χ2n) is 25.0. The summed E-state index contributed by atoms with van der Waals surface area (Å²) in [7, 11) is 0. The topological polar surface area (TPSA) is 400 Å². The second-order valence-corrected chi connectivity index (χ2v) is 25.0. The van der Waals surface area contributed by atoms with Crippen LogP contribution in [0.1, 0.15) is 87.6 Å². The van der Waals surface area contributed by atoms with Crippen molar-refractivity contribution >= 4 is 0 Å². The summed E-state index contributed by atoms with van der Waals surface area (Å²) >= 11 is 0. The highest BCUT2D eigenvalue weighted by molar-refractivity contribution is 5.75. The molecule has 0 saturated heterocycles. The van der Waals surface area contributed by atoms with E-state index in [1.165, 1.54) is 0 Å². The van der Waals surface area contributed by atoms with Crippen LogP contribution in [0.5, 0.6) is 0 Å². The lowest BCUT2D eigenvalue weighted by Crippen LogP contribution is -2.41. The van der Waals surface area contributed by atoms with Gasteiger partial charge in [0, 0.05) is 62.1 Å². The van der Waals surface area contributed by atoms with Gasteiger partial charge in [0.2, 0.25) is 87.0 Å². The third-order valence-electron chi connectivity index (χ3n) is 16.9. The van der Waals surface area contributed by atoms with Crippen LogP contribution in [0.3, 0.4) is 0 Å². The van der Waals surface area contributed by atoms with E-state index in [1.54, 1.807) is 6.20 Å². The first-order chi connectivity index (χ1) is 52.7. The lowest BCUT2D eigenvalue weighted by Gasteiger charge is -2.24. The van der Waals surface area contributed by atoms with Crippen LogP contribution in [-0.2, 0) is 18.3 Å². The zero-order valence-electron chi connectivity index (χ0n) is 59.8. The van der Waals surface area contributed by atoms with E-state index in [9.17, 15) is 0 Å². The van der Waals surface area contributed by atoms with Gasteiger partial charge in [-0.2, -0.15) is 5.10 Å². The average molecular weight is 1420 g/mol. The van der Waals surface area contributed by atoms with Crippen LogP contribution < -0.4 is 0 Å². The van der Waals surface area contributed by atoms with Crippen molar-refractivity contribution in [2.75, 3.05) is 0 Å².